The molecule has 34 heavy (non-hydrogen) atoms. The fraction of sp³-hybridized carbons (Fsp3) is 0.357. The summed E-state index contributed by atoms with van der Waals surface area (Å²) in [4.78, 5) is 21.8. The molecule has 1 N–H and O–H groups in total. The first-order valence-electron chi connectivity index (χ1n) is 12.0. The second-order valence-electron chi connectivity index (χ2n) is 9.25. The van der Waals surface area contributed by atoms with E-state index in [-0.39, 0.29) is 36.3 Å². The fourth-order valence-corrected chi connectivity index (χ4v) is 5.48. The lowest BCUT2D eigenvalue weighted by Crippen LogP contribution is -2.68. The number of fused-ring (bicyclic) bond motifs is 1. The quantitative estimate of drug-likeness (QED) is 0.629. The lowest BCUT2D eigenvalue weighted by Gasteiger charge is -2.57. The summed E-state index contributed by atoms with van der Waals surface area (Å²) in [5.74, 6) is 0.0288. The smallest absolute Gasteiger partial charge is 0.228 e. The zero-order valence-electron chi connectivity index (χ0n) is 19.2. The number of amides is 1. The van der Waals surface area contributed by atoms with E-state index in [0.29, 0.717) is 13.0 Å². The molecule has 0 unspecified atom stereocenters. The van der Waals surface area contributed by atoms with Gasteiger partial charge in [-0.3, -0.25) is 14.7 Å². The van der Waals surface area contributed by atoms with E-state index in [0.717, 1.165) is 42.8 Å². The van der Waals surface area contributed by atoms with Crippen LogP contribution in [-0.2, 0) is 11.2 Å². The zero-order chi connectivity index (χ0) is 23.5. The molecule has 2 fully saturated rings. The zero-order valence-corrected chi connectivity index (χ0v) is 19.2. The number of carbonyl (C=O) groups is 1. The predicted octanol–water partition coefficient (Wildman–Crippen LogP) is 3.88. The topological polar surface area (TPSA) is 56.7 Å². The van der Waals surface area contributed by atoms with Crippen LogP contribution in [0.1, 0.15) is 30.0 Å². The molecule has 3 aromatic rings. The van der Waals surface area contributed by atoms with E-state index in [1.165, 1.54) is 17.7 Å². The third-order valence-corrected chi connectivity index (χ3v) is 7.25. The molecule has 3 heterocycles. The Kier molecular flexibility index (Phi) is 6.70. The van der Waals surface area contributed by atoms with Gasteiger partial charge < -0.3 is 10.0 Å². The van der Waals surface area contributed by atoms with Gasteiger partial charge in [-0.25, -0.2) is 4.39 Å². The van der Waals surface area contributed by atoms with E-state index in [4.69, 9.17) is 0 Å². The van der Waals surface area contributed by atoms with E-state index < -0.39 is 0 Å². The molecule has 2 aliphatic rings. The maximum Gasteiger partial charge on any atom is 0.228 e. The van der Waals surface area contributed by atoms with E-state index in [2.05, 4.69) is 34.1 Å². The van der Waals surface area contributed by atoms with Crippen LogP contribution in [0.15, 0.2) is 72.9 Å². The number of rotatable bonds is 5. The summed E-state index contributed by atoms with van der Waals surface area (Å²) in [5, 5.41) is 10.2. The lowest BCUT2D eigenvalue weighted by atomic mass is 9.74. The number of hydrogen-bond acceptors (Lipinski definition) is 4. The molecule has 0 aliphatic carbocycles. The van der Waals surface area contributed by atoms with E-state index in [1.807, 2.05) is 23.1 Å². The first kappa shape index (κ1) is 22.7. The van der Waals surface area contributed by atoms with Crippen LogP contribution in [-0.4, -0.2) is 64.1 Å². The largest absolute Gasteiger partial charge is 0.395 e. The van der Waals surface area contributed by atoms with Crippen molar-refractivity contribution < 1.29 is 14.3 Å². The predicted molar refractivity (Wildman–Crippen MR) is 130 cm³/mol. The van der Waals surface area contributed by atoms with Crippen molar-refractivity contribution in [2.75, 3.05) is 26.2 Å². The molecule has 1 amide bonds. The number of hydrogen-bond donors (Lipinski definition) is 1. The molecule has 176 valence electrons. The maximum absolute atomic E-state index is 13.3. The summed E-state index contributed by atoms with van der Waals surface area (Å²) in [6.45, 7) is 2.47. The van der Waals surface area contributed by atoms with Gasteiger partial charge in [-0.15, -0.1) is 0 Å². The molecule has 5 nitrogen and oxygen atoms in total. The monoisotopic (exact) mass is 459 g/mol. The number of aliphatic hydroxyl groups is 1. The van der Waals surface area contributed by atoms with Crippen LogP contribution in [0.25, 0.3) is 11.1 Å². The number of halogens is 1. The van der Waals surface area contributed by atoms with Crippen LogP contribution in [0, 0.1) is 5.82 Å². The van der Waals surface area contributed by atoms with Crippen LogP contribution in [0.4, 0.5) is 4.39 Å². The van der Waals surface area contributed by atoms with Crippen LogP contribution in [0.3, 0.4) is 0 Å². The van der Waals surface area contributed by atoms with Gasteiger partial charge in [-0.1, -0.05) is 42.5 Å². The van der Waals surface area contributed by atoms with E-state index in [1.54, 1.807) is 18.3 Å². The van der Waals surface area contributed by atoms with Crippen molar-refractivity contribution in [3.63, 3.8) is 0 Å². The van der Waals surface area contributed by atoms with Gasteiger partial charge in [-0.05, 0) is 60.3 Å². The van der Waals surface area contributed by atoms with Crippen LogP contribution < -0.4 is 0 Å². The molecule has 2 saturated heterocycles. The van der Waals surface area contributed by atoms with Crippen molar-refractivity contribution in [2.24, 2.45) is 0 Å². The Labute approximate surface area is 199 Å². The van der Waals surface area contributed by atoms with Gasteiger partial charge >= 0.3 is 0 Å². The number of benzene rings is 2. The molecule has 1 aromatic heterocycles. The minimum atomic E-state index is -0.243. The molecule has 0 radical (unpaired) electrons. The van der Waals surface area contributed by atoms with Gasteiger partial charge in [0.15, 0.2) is 0 Å². The van der Waals surface area contributed by atoms with E-state index >= 15 is 0 Å². The minimum absolute atomic E-state index is 0.0625. The molecule has 6 heteroatoms. The Bertz CT molecular complexity index is 1100. The summed E-state index contributed by atoms with van der Waals surface area (Å²) in [7, 11) is 0. The molecule has 0 spiro atoms. The highest BCUT2D eigenvalue weighted by atomic mass is 19.1. The normalized spacial score (nSPS) is 22.9. The highest BCUT2D eigenvalue weighted by Gasteiger charge is 2.49. The number of aromatic nitrogens is 1. The highest BCUT2D eigenvalue weighted by Crippen LogP contribution is 2.42. The average molecular weight is 460 g/mol. The number of aliphatic hydroxyl groups excluding tert-OH is 1. The molecular weight excluding hydrogens is 429 g/mol. The van der Waals surface area contributed by atoms with Crippen LogP contribution >= 0.6 is 0 Å². The van der Waals surface area contributed by atoms with E-state index in [9.17, 15) is 14.3 Å². The van der Waals surface area contributed by atoms with Crippen LogP contribution in [0.5, 0.6) is 0 Å². The van der Waals surface area contributed by atoms with Gasteiger partial charge in [0, 0.05) is 43.0 Å². The van der Waals surface area contributed by atoms with Gasteiger partial charge in [0.1, 0.15) is 5.82 Å². The Morgan fingerprint density at radius 2 is 1.68 bits per heavy atom. The number of pyridine rings is 1. The Balaban J connectivity index is 1.34. The number of nitrogens with zero attached hydrogens (tertiary/aromatic N) is 3. The average Bonchev–Trinajstić information content (AvgIpc) is 2.84. The second-order valence-corrected chi connectivity index (χ2v) is 9.25. The van der Waals surface area contributed by atoms with Gasteiger partial charge in [0.25, 0.3) is 0 Å². The summed E-state index contributed by atoms with van der Waals surface area (Å²) in [6.07, 6.45) is 4.01. The summed E-state index contributed by atoms with van der Waals surface area (Å²) in [6, 6.07) is 20.8. The Hall–Kier alpha value is -3.09. The minimum Gasteiger partial charge on any atom is -0.395 e. The summed E-state index contributed by atoms with van der Waals surface area (Å²) >= 11 is 0. The molecule has 0 bridgehead atoms. The van der Waals surface area contributed by atoms with Crippen LogP contribution in [0.2, 0.25) is 0 Å². The molecule has 0 saturated carbocycles. The Morgan fingerprint density at radius 1 is 0.971 bits per heavy atom. The first-order chi connectivity index (χ1) is 16.6. The van der Waals surface area contributed by atoms with Gasteiger partial charge in [0.05, 0.1) is 13.0 Å². The first-order valence-corrected chi connectivity index (χ1v) is 12.0. The Morgan fingerprint density at radius 3 is 2.35 bits per heavy atom. The van der Waals surface area contributed by atoms with Gasteiger partial charge in [0.2, 0.25) is 5.91 Å². The fourth-order valence-electron chi connectivity index (χ4n) is 5.48. The lowest BCUT2D eigenvalue weighted by molar-refractivity contribution is -0.135. The number of carbonyl (C=O) groups excluding carboxylic acids is 1. The maximum atomic E-state index is 13.3. The van der Waals surface area contributed by atoms with Crippen molar-refractivity contribution in [3.8, 4) is 11.1 Å². The molecule has 2 aromatic carbocycles. The molecule has 3 atom stereocenters. The third kappa shape index (κ3) is 4.61. The molecule has 2 aliphatic heterocycles. The SMILES string of the molecule is O=C(Cc1ccccn1)N1CCCCN2[C@@H](CO)[C@@H](c3ccc(-c4ccc(F)cc4)cc3)[C@@H]2C1. The summed E-state index contributed by atoms with van der Waals surface area (Å²) in [5.41, 5.74) is 3.97. The van der Waals surface area contributed by atoms with Crippen molar-refractivity contribution in [3.05, 3.63) is 90.0 Å². The van der Waals surface area contributed by atoms with Crippen molar-refractivity contribution in [1.29, 1.82) is 0 Å². The van der Waals surface area contributed by atoms with Crippen molar-refractivity contribution in [2.45, 2.75) is 37.3 Å². The highest BCUT2D eigenvalue weighted by molar-refractivity contribution is 5.78. The van der Waals surface area contributed by atoms with Gasteiger partial charge in [-0.2, -0.15) is 0 Å². The molecule has 5 rings (SSSR count). The van der Waals surface area contributed by atoms with Crippen molar-refractivity contribution >= 4 is 5.91 Å². The molecular formula is C28H30FN3O2. The standard InChI is InChI=1S/C28H30FN3O2/c29-23-12-10-21(11-13-23)20-6-8-22(9-7-20)28-25-18-31(15-3-4-16-32(25)26(28)19-33)27(34)17-24-5-1-2-14-30-24/h1-2,5-14,25-26,28,33H,3-4,15-19H2/t25-,26-,28-/m0/s1. The third-order valence-electron chi connectivity index (χ3n) is 7.25. The van der Waals surface area contributed by atoms with Crippen molar-refractivity contribution in [1.82, 2.24) is 14.8 Å². The second kappa shape index (κ2) is 10.0. The summed E-state index contributed by atoms with van der Waals surface area (Å²) < 4.78 is 13.3.